The third kappa shape index (κ3) is 4.99. The van der Waals surface area contributed by atoms with Crippen molar-refractivity contribution in [3.8, 4) is 0 Å². The Morgan fingerprint density at radius 1 is 0.417 bits per heavy atom. The predicted molar refractivity (Wildman–Crippen MR) is 205 cm³/mol. The summed E-state index contributed by atoms with van der Waals surface area (Å²) in [4.78, 5) is 0. The van der Waals surface area contributed by atoms with Gasteiger partial charge in [-0.15, -0.1) is 0 Å². The SMILES string of the molecule is CC1=Cc2ccccc2[CH]1[Ti]([CH2]c1ccccc1)([CH2]c1ccccc1)([CH]1C(C)=Cc2ccccc21)[SiH](c1ccccc1)c1ccccc1. The van der Waals surface area contributed by atoms with Crippen LogP contribution in [0.3, 0.4) is 0 Å². The molecule has 0 aliphatic heterocycles. The van der Waals surface area contributed by atoms with E-state index in [4.69, 9.17) is 0 Å². The second kappa shape index (κ2) is 12.6. The first kappa shape index (κ1) is 31.0. The van der Waals surface area contributed by atoms with Gasteiger partial charge in [-0.25, -0.2) is 0 Å². The molecule has 0 radical (unpaired) electrons. The summed E-state index contributed by atoms with van der Waals surface area (Å²) in [6.45, 7) is 2.89. The summed E-state index contributed by atoms with van der Waals surface area (Å²) in [5.41, 5.74) is 12.0. The van der Waals surface area contributed by atoms with Crippen molar-refractivity contribution in [3.63, 3.8) is 0 Å². The molecule has 0 heterocycles. The Hall–Kier alpha value is -4.27. The van der Waals surface area contributed by atoms with Crippen LogP contribution in [0.1, 0.15) is 55.7 Å². The summed E-state index contributed by atoms with van der Waals surface area (Å²) in [6, 6.07) is 65.7. The molecule has 6 aromatic rings. The zero-order valence-electron chi connectivity index (χ0n) is 28.0. The number of hydrogen-bond donors (Lipinski definition) is 0. The average Bonchev–Trinajstić information content (AvgIpc) is 3.66. The number of benzene rings is 6. The van der Waals surface area contributed by atoms with Gasteiger partial charge in [-0.1, -0.05) is 0 Å². The van der Waals surface area contributed by atoms with Gasteiger partial charge in [-0.05, 0) is 0 Å². The number of fused-ring (bicyclic) bond motifs is 2. The first-order chi connectivity index (χ1) is 23.6. The van der Waals surface area contributed by atoms with Crippen LogP contribution in [0.5, 0.6) is 0 Å². The molecule has 2 heteroatoms. The molecule has 0 aromatic heterocycles. The predicted octanol–water partition coefficient (Wildman–Crippen LogP) is 9.93. The number of rotatable bonds is 9. The summed E-state index contributed by atoms with van der Waals surface area (Å²) in [6.07, 6.45) is 5.11. The van der Waals surface area contributed by atoms with Crippen molar-refractivity contribution < 1.29 is 14.6 Å². The van der Waals surface area contributed by atoms with E-state index in [0.717, 1.165) is 9.45 Å². The van der Waals surface area contributed by atoms with Gasteiger partial charge in [0.15, 0.2) is 0 Å². The van der Waals surface area contributed by atoms with Gasteiger partial charge in [-0.3, -0.25) is 0 Å². The molecule has 0 fully saturated rings. The normalized spacial score (nSPS) is 17.6. The summed E-state index contributed by atoms with van der Waals surface area (Å²) in [7, 11) is 0. The van der Waals surface area contributed by atoms with Gasteiger partial charge in [0.05, 0.1) is 0 Å². The van der Waals surface area contributed by atoms with Crippen molar-refractivity contribution in [3.05, 3.63) is 214 Å². The Morgan fingerprint density at radius 3 is 1.15 bits per heavy atom. The molecule has 0 amide bonds. The fraction of sp³-hybridized carbons (Fsp3) is 0.130. The maximum atomic E-state index is 2.56. The summed E-state index contributed by atoms with van der Waals surface area (Å²) in [5.74, 6) is 0. The van der Waals surface area contributed by atoms with E-state index >= 15 is 0 Å². The van der Waals surface area contributed by atoms with E-state index in [1.807, 2.05) is 0 Å². The van der Waals surface area contributed by atoms with Crippen molar-refractivity contribution in [2.24, 2.45) is 0 Å². The van der Waals surface area contributed by atoms with Gasteiger partial charge in [0.1, 0.15) is 0 Å². The van der Waals surface area contributed by atoms with E-state index in [-0.39, 0.29) is 0 Å². The maximum absolute atomic E-state index is 4.43. The van der Waals surface area contributed by atoms with Crippen LogP contribution in [0.4, 0.5) is 0 Å². The third-order valence-corrected chi connectivity index (χ3v) is 40.8. The van der Waals surface area contributed by atoms with E-state index in [1.54, 1.807) is 32.6 Å². The molecule has 2 aliphatic carbocycles. The van der Waals surface area contributed by atoms with Crippen LogP contribution in [0, 0.1) is 0 Å². The monoisotopic (exact) mass is 671 g/mol. The second-order valence-corrected chi connectivity index (χ2v) is 34.5. The molecule has 48 heavy (non-hydrogen) atoms. The standard InChI is InChI=1S/C12H11Si.2C10H9.2C7H7.Ti/c1-3-7-11(8-4-1)13-12-9-5-2-6-10-12;2*1-8-6-9-4-2-3-5-10(9)7-8;2*1-7-5-3-2-4-6-7;/h1-10,13H;2*2-7H,1H3;2*2-6H,1H2;. The zero-order chi connectivity index (χ0) is 32.6. The minimum atomic E-state index is -4.43. The average molecular weight is 672 g/mol. The molecule has 2 atom stereocenters. The van der Waals surface area contributed by atoms with Crippen LogP contribution < -0.4 is 10.4 Å². The molecular weight excluding hydrogens is 628 g/mol. The van der Waals surface area contributed by atoms with E-state index in [2.05, 4.69) is 196 Å². The van der Waals surface area contributed by atoms with Crippen LogP contribution in [0.15, 0.2) is 181 Å². The van der Waals surface area contributed by atoms with E-state index in [9.17, 15) is 0 Å². The molecule has 0 spiro atoms. The fourth-order valence-electron chi connectivity index (χ4n) is 10.6. The second-order valence-electron chi connectivity index (χ2n) is 14.5. The third-order valence-electron chi connectivity index (χ3n) is 11.7. The Bertz CT molecular complexity index is 1960. The van der Waals surface area contributed by atoms with Crippen LogP contribution in [-0.2, 0) is 24.0 Å². The van der Waals surface area contributed by atoms with Crippen LogP contribution >= 0.6 is 0 Å². The van der Waals surface area contributed by atoms with E-state index in [0.29, 0.717) is 8.45 Å². The van der Waals surface area contributed by atoms with Crippen LogP contribution in [-0.4, -0.2) is 6.66 Å². The zero-order valence-corrected chi connectivity index (χ0v) is 30.7. The molecule has 0 N–H and O–H groups in total. The van der Waals surface area contributed by atoms with Gasteiger partial charge < -0.3 is 0 Å². The Kier molecular flexibility index (Phi) is 8.17. The molecule has 2 unspecified atom stereocenters. The summed E-state index contributed by atoms with van der Waals surface area (Å²) >= 11 is -4.43. The summed E-state index contributed by atoms with van der Waals surface area (Å²) in [5, 5.41) is 3.17. The van der Waals surface area contributed by atoms with Crippen molar-refractivity contribution in [1.82, 2.24) is 0 Å². The molecule has 2 aliphatic rings. The number of hydrogen-bond acceptors (Lipinski definition) is 0. The Morgan fingerprint density at radius 2 is 0.750 bits per heavy atom. The quantitative estimate of drug-likeness (QED) is 0.134. The summed E-state index contributed by atoms with van der Waals surface area (Å²) < 4.78 is 3.02. The molecule has 6 aromatic carbocycles. The van der Waals surface area contributed by atoms with Crippen molar-refractivity contribution in [1.29, 1.82) is 0 Å². The van der Waals surface area contributed by atoms with Gasteiger partial charge in [-0.2, -0.15) is 0 Å². The Labute approximate surface area is 288 Å². The van der Waals surface area contributed by atoms with Gasteiger partial charge in [0.25, 0.3) is 0 Å². The molecule has 235 valence electrons. The topological polar surface area (TPSA) is 0 Å². The fourth-order valence-corrected chi connectivity index (χ4v) is 48.5. The minimum absolute atomic E-state index is 0.371. The first-order valence-corrected chi connectivity index (χ1v) is 25.9. The van der Waals surface area contributed by atoms with Crippen molar-refractivity contribution in [2.75, 3.05) is 0 Å². The van der Waals surface area contributed by atoms with E-state index < -0.39 is 21.2 Å². The van der Waals surface area contributed by atoms with E-state index in [1.165, 1.54) is 22.3 Å². The van der Waals surface area contributed by atoms with Crippen molar-refractivity contribution in [2.45, 2.75) is 31.7 Å². The molecule has 8 rings (SSSR count). The van der Waals surface area contributed by atoms with Gasteiger partial charge >= 0.3 is 290 Å². The van der Waals surface area contributed by atoms with Gasteiger partial charge in [0, 0.05) is 0 Å². The van der Waals surface area contributed by atoms with Gasteiger partial charge in [0.2, 0.25) is 0 Å². The Balaban J connectivity index is 1.63. The number of allylic oxidation sites excluding steroid dienone is 2. The molecule has 0 bridgehead atoms. The molecule has 0 nitrogen and oxygen atoms in total. The molecule has 0 saturated heterocycles. The molecule has 0 saturated carbocycles. The van der Waals surface area contributed by atoms with Crippen LogP contribution in [0.25, 0.3) is 12.2 Å². The van der Waals surface area contributed by atoms with Crippen LogP contribution in [0.2, 0.25) is 0 Å². The van der Waals surface area contributed by atoms with Crippen molar-refractivity contribution >= 4 is 29.2 Å². The first-order valence-electron chi connectivity index (χ1n) is 17.5. The molecular formula is C46H43SiTi.